The summed E-state index contributed by atoms with van der Waals surface area (Å²) in [5, 5.41) is 8.28. The third-order valence-corrected chi connectivity index (χ3v) is 2.03. The van der Waals surface area contributed by atoms with Crippen LogP contribution in [0.25, 0.3) is 0 Å². The van der Waals surface area contributed by atoms with Crippen LogP contribution in [-0.2, 0) is 14.3 Å². The van der Waals surface area contributed by atoms with E-state index in [-0.39, 0.29) is 12.8 Å². The minimum absolute atomic E-state index is 0.0139. The minimum atomic E-state index is -0.959. The molecule has 1 aliphatic carbocycles. The van der Waals surface area contributed by atoms with Gasteiger partial charge < -0.3 is 9.84 Å². The van der Waals surface area contributed by atoms with Crippen LogP contribution in [0.15, 0.2) is 0 Å². The van der Waals surface area contributed by atoms with Crippen LogP contribution in [0.2, 0.25) is 0 Å². The normalized spacial score (nSPS) is 15.4. The molecular formula is C9H14O4. The summed E-state index contributed by atoms with van der Waals surface area (Å²) in [4.78, 5) is 21.0. The van der Waals surface area contributed by atoms with Gasteiger partial charge in [0.15, 0.2) is 0 Å². The zero-order valence-corrected chi connectivity index (χ0v) is 7.49. The van der Waals surface area contributed by atoms with E-state index in [9.17, 15) is 9.59 Å². The third kappa shape index (κ3) is 5.22. The first-order chi connectivity index (χ1) is 6.18. The van der Waals surface area contributed by atoms with Crippen LogP contribution in [0.3, 0.4) is 0 Å². The summed E-state index contributed by atoms with van der Waals surface area (Å²) < 4.78 is 4.84. The standard InChI is InChI=1S/C9H14O4/c10-8(11)3-4-9(12)13-6-5-7-1-2-7/h7H,1-6H2,(H,10,11). The fourth-order valence-corrected chi connectivity index (χ4v) is 1.03. The highest BCUT2D eigenvalue weighted by atomic mass is 16.5. The Hall–Kier alpha value is -1.06. The van der Waals surface area contributed by atoms with Gasteiger partial charge in [0, 0.05) is 0 Å². The fraction of sp³-hybridized carbons (Fsp3) is 0.778. The second-order valence-electron chi connectivity index (χ2n) is 3.35. The van der Waals surface area contributed by atoms with Crippen molar-refractivity contribution >= 4 is 11.9 Å². The van der Waals surface area contributed by atoms with Gasteiger partial charge in [-0.3, -0.25) is 9.59 Å². The fourth-order valence-electron chi connectivity index (χ4n) is 1.03. The first-order valence-electron chi connectivity index (χ1n) is 4.56. The number of carbonyl (C=O) groups excluding carboxylic acids is 1. The molecule has 4 nitrogen and oxygen atoms in total. The maximum Gasteiger partial charge on any atom is 0.306 e. The largest absolute Gasteiger partial charge is 0.481 e. The lowest BCUT2D eigenvalue weighted by atomic mass is 10.3. The van der Waals surface area contributed by atoms with Gasteiger partial charge in [0.2, 0.25) is 0 Å². The van der Waals surface area contributed by atoms with Crippen molar-refractivity contribution in [3.8, 4) is 0 Å². The molecule has 1 saturated carbocycles. The molecule has 74 valence electrons. The van der Waals surface area contributed by atoms with Gasteiger partial charge in [0.05, 0.1) is 19.4 Å². The predicted octanol–water partition coefficient (Wildman–Crippen LogP) is 1.19. The van der Waals surface area contributed by atoms with E-state index in [1.54, 1.807) is 0 Å². The Morgan fingerprint density at radius 1 is 1.31 bits per heavy atom. The summed E-state index contributed by atoms with van der Waals surface area (Å²) in [5.74, 6) is -0.616. The van der Waals surface area contributed by atoms with Crippen molar-refractivity contribution < 1.29 is 19.4 Å². The number of rotatable bonds is 6. The number of esters is 1. The van der Waals surface area contributed by atoms with Crippen molar-refractivity contribution in [3.05, 3.63) is 0 Å². The smallest absolute Gasteiger partial charge is 0.306 e. The lowest BCUT2D eigenvalue weighted by Gasteiger charge is -2.01. The van der Waals surface area contributed by atoms with Crippen LogP contribution in [-0.4, -0.2) is 23.7 Å². The number of hydrogen-bond donors (Lipinski definition) is 1. The molecule has 1 aliphatic rings. The average molecular weight is 186 g/mol. The van der Waals surface area contributed by atoms with E-state index in [0.29, 0.717) is 6.61 Å². The van der Waals surface area contributed by atoms with Gasteiger partial charge in [0.1, 0.15) is 0 Å². The van der Waals surface area contributed by atoms with Crippen LogP contribution in [0.5, 0.6) is 0 Å². The Morgan fingerprint density at radius 3 is 2.54 bits per heavy atom. The zero-order valence-electron chi connectivity index (χ0n) is 7.49. The molecule has 4 heteroatoms. The molecule has 13 heavy (non-hydrogen) atoms. The number of ether oxygens (including phenoxy) is 1. The molecule has 1 N–H and O–H groups in total. The van der Waals surface area contributed by atoms with Crippen molar-refractivity contribution in [1.29, 1.82) is 0 Å². The van der Waals surface area contributed by atoms with Crippen molar-refractivity contribution in [2.24, 2.45) is 5.92 Å². The van der Waals surface area contributed by atoms with E-state index in [2.05, 4.69) is 0 Å². The van der Waals surface area contributed by atoms with Crippen LogP contribution in [0.1, 0.15) is 32.1 Å². The molecule has 0 heterocycles. The monoisotopic (exact) mass is 186 g/mol. The second-order valence-corrected chi connectivity index (χ2v) is 3.35. The van der Waals surface area contributed by atoms with Crippen LogP contribution < -0.4 is 0 Å². The molecule has 0 aliphatic heterocycles. The number of carboxylic acid groups (broad SMARTS) is 1. The van der Waals surface area contributed by atoms with Crippen molar-refractivity contribution in [2.75, 3.05) is 6.61 Å². The van der Waals surface area contributed by atoms with E-state index in [1.807, 2.05) is 0 Å². The topological polar surface area (TPSA) is 63.6 Å². The van der Waals surface area contributed by atoms with Crippen molar-refractivity contribution in [1.82, 2.24) is 0 Å². The number of aliphatic carboxylic acids is 1. The Bertz CT molecular complexity index is 196. The van der Waals surface area contributed by atoms with Gasteiger partial charge >= 0.3 is 11.9 Å². The Labute approximate surface area is 76.9 Å². The molecule has 0 bridgehead atoms. The summed E-state index contributed by atoms with van der Waals surface area (Å²) in [7, 11) is 0. The first kappa shape index (κ1) is 10.0. The van der Waals surface area contributed by atoms with Gasteiger partial charge in [-0.2, -0.15) is 0 Å². The number of carboxylic acids is 1. The maximum atomic E-state index is 10.9. The van der Waals surface area contributed by atoms with Gasteiger partial charge in [-0.05, 0) is 12.3 Å². The van der Waals surface area contributed by atoms with Crippen LogP contribution in [0, 0.1) is 5.92 Å². The molecule has 0 atom stereocenters. The number of carbonyl (C=O) groups is 2. The molecular weight excluding hydrogens is 172 g/mol. The van der Waals surface area contributed by atoms with Gasteiger partial charge in [-0.25, -0.2) is 0 Å². The molecule has 0 aromatic heterocycles. The highest BCUT2D eigenvalue weighted by molar-refractivity contribution is 5.76. The molecule has 0 aromatic rings. The quantitative estimate of drug-likeness (QED) is 0.633. The Morgan fingerprint density at radius 2 is 2.00 bits per heavy atom. The van der Waals surface area contributed by atoms with E-state index in [4.69, 9.17) is 9.84 Å². The lowest BCUT2D eigenvalue weighted by molar-refractivity contribution is -0.147. The van der Waals surface area contributed by atoms with Crippen LogP contribution in [0.4, 0.5) is 0 Å². The highest BCUT2D eigenvalue weighted by Crippen LogP contribution is 2.32. The predicted molar refractivity (Wildman–Crippen MR) is 45.2 cm³/mol. The van der Waals surface area contributed by atoms with Crippen molar-refractivity contribution in [2.45, 2.75) is 32.1 Å². The first-order valence-corrected chi connectivity index (χ1v) is 4.56. The van der Waals surface area contributed by atoms with Gasteiger partial charge in [-0.15, -0.1) is 0 Å². The Balaban J connectivity index is 1.93. The molecule has 0 unspecified atom stereocenters. The second kappa shape index (κ2) is 4.84. The summed E-state index contributed by atoms with van der Waals surface area (Å²) in [6.45, 7) is 0.448. The molecule has 0 saturated heterocycles. The third-order valence-electron chi connectivity index (χ3n) is 2.03. The summed E-state index contributed by atoms with van der Waals surface area (Å²) in [6, 6.07) is 0. The van der Waals surface area contributed by atoms with Crippen molar-refractivity contribution in [3.63, 3.8) is 0 Å². The van der Waals surface area contributed by atoms with E-state index >= 15 is 0 Å². The Kier molecular flexibility index (Phi) is 3.73. The van der Waals surface area contributed by atoms with Gasteiger partial charge in [0.25, 0.3) is 0 Å². The summed E-state index contributed by atoms with van der Waals surface area (Å²) in [5.41, 5.74) is 0. The molecule has 1 fully saturated rings. The molecule has 1 rings (SSSR count). The minimum Gasteiger partial charge on any atom is -0.481 e. The van der Waals surface area contributed by atoms with E-state index in [0.717, 1.165) is 12.3 Å². The highest BCUT2D eigenvalue weighted by Gasteiger charge is 2.21. The lowest BCUT2D eigenvalue weighted by Crippen LogP contribution is -2.08. The average Bonchev–Trinajstić information content (AvgIpc) is 2.84. The maximum absolute atomic E-state index is 10.9. The van der Waals surface area contributed by atoms with Gasteiger partial charge in [-0.1, -0.05) is 12.8 Å². The summed E-state index contributed by atoms with van der Waals surface area (Å²) >= 11 is 0. The molecule has 0 radical (unpaired) electrons. The zero-order chi connectivity index (χ0) is 9.68. The van der Waals surface area contributed by atoms with E-state index < -0.39 is 11.9 Å². The molecule has 0 spiro atoms. The SMILES string of the molecule is O=C(O)CCC(=O)OCCC1CC1. The molecule has 0 aromatic carbocycles. The van der Waals surface area contributed by atoms with Crippen LogP contribution >= 0.6 is 0 Å². The molecule has 0 amide bonds. The number of hydrogen-bond acceptors (Lipinski definition) is 3. The van der Waals surface area contributed by atoms with E-state index in [1.165, 1.54) is 12.8 Å². The summed E-state index contributed by atoms with van der Waals surface area (Å²) in [6.07, 6.45) is 3.26.